The van der Waals surface area contributed by atoms with E-state index in [1.54, 1.807) is 0 Å². The number of nitrogens with zero attached hydrogens (tertiary/aromatic N) is 2. The highest BCUT2D eigenvalue weighted by Crippen LogP contribution is 2.12. The Bertz CT molecular complexity index is 317. The van der Waals surface area contributed by atoms with Crippen molar-refractivity contribution in [3.05, 3.63) is 29.6 Å². The van der Waals surface area contributed by atoms with Crippen LogP contribution in [0.4, 0.5) is 0 Å². The van der Waals surface area contributed by atoms with E-state index in [0.29, 0.717) is 6.54 Å². The zero-order valence-electron chi connectivity index (χ0n) is 9.86. The summed E-state index contributed by atoms with van der Waals surface area (Å²) in [6.45, 7) is 4.02. The third-order valence-corrected chi connectivity index (χ3v) is 3.20. The van der Waals surface area contributed by atoms with Gasteiger partial charge >= 0.3 is 0 Å². The number of hydrogen-bond donors (Lipinski definition) is 1. The molecule has 0 radical (unpaired) electrons. The molecule has 0 atom stereocenters. The van der Waals surface area contributed by atoms with Gasteiger partial charge in [0.05, 0.1) is 5.69 Å². The third-order valence-electron chi connectivity index (χ3n) is 3.20. The predicted molar refractivity (Wildman–Crippen MR) is 65.9 cm³/mol. The van der Waals surface area contributed by atoms with Gasteiger partial charge in [-0.1, -0.05) is 12.8 Å². The highest BCUT2D eigenvalue weighted by Gasteiger charge is 2.09. The van der Waals surface area contributed by atoms with Crippen LogP contribution in [-0.4, -0.2) is 23.0 Å². The summed E-state index contributed by atoms with van der Waals surface area (Å²) >= 11 is 0. The van der Waals surface area contributed by atoms with Crippen LogP contribution in [0.5, 0.6) is 0 Å². The molecule has 0 bridgehead atoms. The first-order valence-corrected chi connectivity index (χ1v) is 6.25. The van der Waals surface area contributed by atoms with Crippen LogP contribution >= 0.6 is 0 Å². The summed E-state index contributed by atoms with van der Waals surface area (Å²) in [6.07, 6.45) is 7.29. The highest BCUT2D eigenvalue weighted by molar-refractivity contribution is 5.15. The van der Waals surface area contributed by atoms with Gasteiger partial charge in [0.2, 0.25) is 0 Å². The van der Waals surface area contributed by atoms with E-state index in [9.17, 15) is 0 Å². The lowest BCUT2D eigenvalue weighted by Gasteiger charge is -2.19. The molecular formula is C13H21N3. The van der Waals surface area contributed by atoms with Gasteiger partial charge in [0, 0.05) is 19.3 Å². The molecule has 2 rings (SSSR count). The molecule has 0 aliphatic carbocycles. The molecule has 1 aromatic rings. The number of hydrogen-bond acceptors (Lipinski definition) is 3. The second-order valence-electron chi connectivity index (χ2n) is 4.55. The number of likely N-dealkylation sites (tertiary alicyclic amines) is 1. The van der Waals surface area contributed by atoms with E-state index < -0.39 is 0 Å². The molecule has 3 heteroatoms. The first-order valence-electron chi connectivity index (χ1n) is 6.25. The molecule has 1 aliphatic heterocycles. The van der Waals surface area contributed by atoms with Gasteiger partial charge in [0.1, 0.15) is 0 Å². The average Bonchev–Trinajstić information content (AvgIpc) is 2.58. The Morgan fingerprint density at radius 1 is 1.19 bits per heavy atom. The van der Waals surface area contributed by atoms with Crippen LogP contribution in [0.3, 0.4) is 0 Å². The molecule has 16 heavy (non-hydrogen) atoms. The molecule has 0 aromatic carbocycles. The fraction of sp³-hybridized carbons (Fsp3) is 0.615. The topological polar surface area (TPSA) is 42.1 Å². The normalized spacial score (nSPS) is 18.3. The van der Waals surface area contributed by atoms with Crippen LogP contribution in [0.15, 0.2) is 18.3 Å². The molecule has 1 aromatic heterocycles. The molecule has 0 unspecified atom stereocenters. The molecule has 88 valence electrons. The maximum absolute atomic E-state index is 5.64. The van der Waals surface area contributed by atoms with Crippen molar-refractivity contribution >= 4 is 0 Å². The molecular weight excluding hydrogens is 198 g/mol. The summed E-state index contributed by atoms with van der Waals surface area (Å²) < 4.78 is 0. The van der Waals surface area contributed by atoms with Crippen molar-refractivity contribution in [1.29, 1.82) is 0 Å². The standard InChI is InChI=1S/C13H21N3/c14-10-12-5-6-15-13(9-12)11-16-7-3-1-2-4-8-16/h5-6,9H,1-4,7-8,10-11,14H2. The SMILES string of the molecule is NCc1ccnc(CN2CCCCCC2)c1. The Labute approximate surface area is 97.7 Å². The van der Waals surface area contributed by atoms with Crippen molar-refractivity contribution in [3.63, 3.8) is 0 Å². The van der Waals surface area contributed by atoms with Crippen LogP contribution in [0.25, 0.3) is 0 Å². The van der Waals surface area contributed by atoms with E-state index in [0.717, 1.165) is 12.2 Å². The van der Waals surface area contributed by atoms with E-state index >= 15 is 0 Å². The summed E-state index contributed by atoms with van der Waals surface area (Å²) in [5.41, 5.74) is 7.97. The van der Waals surface area contributed by atoms with Crippen molar-refractivity contribution in [1.82, 2.24) is 9.88 Å². The molecule has 0 spiro atoms. The molecule has 1 saturated heterocycles. The Balaban J connectivity index is 1.96. The molecule has 2 N–H and O–H groups in total. The Morgan fingerprint density at radius 3 is 2.62 bits per heavy atom. The van der Waals surface area contributed by atoms with Crippen molar-refractivity contribution in [3.8, 4) is 0 Å². The van der Waals surface area contributed by atoms with Gasteiger partial charge in [0.15, 0.2) is 0 Å². The van der Waals surface area contributed by atoms with Crippen molar-refractivity contribution in [2.45, 2.75) is 38.8 Å². The quantitative estimate of drug-likeness (QED) is 0.844. The summed E-state index contributed by atoms with van der Waals surface area (Å²) in [5.74, 6) is 0. The van der Waals surface area contributed by atoms with Gasteiger partial charge < -0.3 is 5.73 Å². The van der Waals surface area contributed by atoms with E-state index in [-0.39, 0.29) is 0 Å². The lowest BCUT2D eigenvalue weighted by molar-refractivity contribution is 0.273. The second-order valence-corrected chi connectivity index (χ2v) is 4.55. The minimum Gasteiger partial charge on any atom is -0.326 e. The fourth-order valence-electron chi connectivity index (χ4n) is 2.26. The van der Waals surface area contributed by atoms with Gasteiger partial charge in [-0.3, -0.25) is 9.88 Å². The van der Waals surface area contributed by atoms with Gasteiger partial charge in [-0.25, -0.2) is 0 Å². The number of pyridine rings is 1. The average molecular weight is 219 g/mol. The molecule has 1 fully saturated rings. The summed E-state index contributed by atoms with van der Waals surface area (Å²) in [6, 6.07) is 4.12. The van der Waals surface area contributed by atoms with Gasteiger partial charge in [-0.05, 0) is 43.6 Å². The molecule has 1 aliphatic rings. The summed E-state index contributed by atoms with van der Waals surface area (Å²) in [4.78, 5) is 6.92. The number of rotatable bonds is 3. The van der Waals surface area contributed by atoms with Crippen molar-refractivity contribution in [2.24, 2.45) is 5.73 Å². The number of nitrogens with two attached hydrogens (primary N) is 1. The Morgan fingerprint density at radius 2 is 1.94 bits per heavy atom. The Hall–Kier alpha value is -0.930. The number of aromatic nitrogens is 1. The Kier molecular flexibility index (Phi) is 4.31. The van der Waals surface area contributed by atoms with Gasteiger partial charge in [0.25, 0.3) is 0 Å². The third kappa shape index (κ3) is 3.29. The lowest BCUT2D eigenvalue weighted by atomic mass is 10.2. The summed E-state index contributed by atoms with van der Waals surface area (Å²) in [7, 11) is 0. The van der Waals surface area contributed by atoms with E-state index in [1.165, 1.54) is 44.3 Å². The van der Waals surface area contributed by atoms with Crippen LogP contribution < -0.4 is 5.73 Å². The van der Waals surface area contributed by atoms with Crippen LogP contribution in [0.1, 0.15) is 36.9 Å². The van der Waals surface area contributed by atoms with Crippen molar-refractivity contribution < 1.29 is 0 Å². The highest BCUT2D eigenvalue weighted by atomic mass is 15.1. The molecule has 2 heterocycles. The fourth-order valence-corrected chi connectivity index (χ4v) is 2.26. The largest absolute Gasteiger partial charge is 0.326 e. The first kappa shape index (κ1) is 11.6. The monoisotopic (exact) mass is 219 g/mol. The summed E-state index contributed by atoms with van der Waals surface area (Å²) in [5, 5.41) is 0. The zero-order chi connectivity index (χ0) is 11.2. The minimum absolute atomic E-state index is 0.607. The zero-order valence-corrected chi connectivity index (χ0v) is 9.86. The van der Waals surface area contributed by atoms with Crippen LogP contribution in [-0.2, 0) is 13.1 Å². The smallest absolute Gasteiger partial charge is 0.0547 e. The lowest BCUT2D eigenvalue weighted by Crippen LogP contribution is -2.24. The maximum atomic E-state index is 5.64. The van der Waals surface area contributed by atoms with E-state index in [2.05, 4.69) is 16.0 Å². The molecule has 0 saturated carbocycles. The molecule has 0 amide bonds. The predicted octanol–water partition coefficient (Wildman–Crippen LogP) is 1.92. The van der Waals surface area contributed by atoms with E-state index in [1.807, 2.05) is 12.3 Å². The first-order chi connectivity index (χ1) is 7.88. The van der Waals surface area contributed by atoms with Gasteiger partial charge in [-0.2, -0.15) is 0 Å². The van der Waals surface area contributed by atoms with Gasteiger partial charge in [-0.15, -0.1) is 0 Å². The second kappa shape index (κ2) is 5.97. The van der Waals surface area contributed by atoms with Crippen LogP contribution in [0, 0.1) is 0 Å². The van der Waals surface area contributed by atoms with Crippen molar-refractivity contribution in [2.75, 3.05) is 13.1 Å². The van der Waals surface area contributed by atoms with Crippen LogP contribution in [0.2, 0.25) is 0 Å². The molecule has 3 nitrogen and oxygen atoms in total. The minimum atomic E-state index is 0.607. The maximum Gasteiger partial charge on any atom is 0.0547 e. The van der Waals surface area contributed by atoms with E-state index in [4.69, 9.17) is 5.73 Å².